The molecule has 36 nitrogen and oxygen atoms in total. The summed E-state index contributed by atoms with van der Waals surface area (Å²) in [6, 6.07) is 3.28. The molecule has 94 heavy (non-hydrogen) atoms. The first kappa shape index (κ1) is 70.6. The van der Waals surface area contributed by atoms with E-state index in [1.54, 1.807) is 37.5 Å². The number of alkyl halides is 1. The number of likely N-dealkylation sites (N-methyl/N-ethyl adjacent to an activating group) is 1. The number of imide groups is 1. The second-order valence-corrected chi connectivity index (χ2v) is 27.9. The van der Waals surface area contributed by atoms with Crippen LogP contribution in [-0.2, 0) is 88.7 Å². The topological polar surface area (TPSA) is 463 Å². The van der Waals surface area contributed by atoms with Crippen LogP contribution in [0.4, 0.5) is 36.1 Å². The van der Waals surface area contributed by atoms with Crippen LogP contribution in [0.15, 0.2) is 49.6 Å². The number of anilines is 3. The molecule has 0 saturated carbocycles. The van der Waals surface area contributed by atoms with Crippen molar-refractivity contribution in [3.05, 3.63) is 55.1 Å². The zero-order valence-electron chi connectivity index (χ0n) is 50.9. The Morgan fingerprint density at radius 1 is 0.851 bits per heavy atom. The van der Waals surface area contributed by atoms with Gasteiger partial charge in [-0.2, -0.15) is 0 Å². The van der Waals surface area contributed by atoms with Crippen molar-refractivity contribution < 1.29 is 94.0 Å². The molecule has 1 aromatic carbocycles. The minimum atomic E-state index is -4.45. The number of fused-ring (bicyclic) bond motifs is 4. The van der Waals surface area contributed by atoms with Crippen LogP contribution in [0, 0.1) is 11.8 Å². The SMILES string of the molecule is CC(C)[C@H](NC(=O)CCOCCN1C(=O)CCC1=O)C(=O)N[C@@H](CCCNC(N)=O)C(=O)Nc1ccc(COC(=O)N(C)CCOC(=O)Nc2ncnc3c2ncn3[C@@H]2OC3COP(O)(=S)O[C@H]4[C@@H](C)[C@H](n5cnc6c(N)ncnc65)O[C@@H]4COP(=O)(S)O[C@H]3[C@H]2F)cc1. The minimum absolute atomic E-state index is 0.0380. The van der Waals surface area contributed by atoms with Gasteiger partial charge in [0.15, 0.2) is 40.8 Å². The van der Waals surface area contributed by atoms with Gasteiger partial charge in [0, 0.05) is 44.5 Å². The van der Waals surface area contributed by atoms with Crippen LogP contribution in [0.25, 0.3) is 22.3 Å². The lowest BCUT2D eigenvalue weighted by molar-refractivity contribution is -0.139. The Bertz CT molecular complexity index is 3700. The molecule has 41 heteroatoms. The van der Waals surface area contributed by atoms with Crippen LogP contribution < -0.4 is 38.1 Å². The van der Waals surface area contributed by atoms with E-state index in [4.69, 9.17) is 65.1 Å². The number of rotatable bonds is 24. The van der Waals surface area contributed by atoms with E-state index >= 15 is 4.39 Å². The molecule has 510 valence electrons. The van der Waals surface area contributed by atoms with Crippen LogP contribution in [0.3, 0.4) is 0 Å². The van der Waals surface area contributed by atoms with Crippen molar-refractivity contribution in [2.24, 2.45) is 17.6 Å². The van der Waals surface area contributed by atoms with Gasteiger partial charge in [0.2, 0.25) is 29.5 Å². The van der Waals surface area contributed by atoms with Gasteiger partial charge >= 0.3 is 31.7 Å². The van der Waals surface area contributed by atoms with Gasteiger partial charge < -0.3 is 75.3 Å². The molecular formula is C53H70FN17O19P2S2. The van der Waals surface area contributed by atoms with E-state index in [2.05, 4.69) is 68.7 Å². The molecule has 4 saturated heterocycles. The van der Waals surface area contributed by atoms with Crippen molar-refractivity contribution in [2.75, 3.05) is 76.1 Å². The Kier molecular flexibility index (Phi) is 23.5. The van der Waals surface area contributed by atoms with Crippen molar-refractivity contribution in [3.63, 3.8) is 0 Å². The molecule has 10 N–H and O–H groups in total. The first-order valence-electron chi connectivity index (χ1n) is 29.4. The van der Waals surface area contributed by atoms with Crippen LogP contribution in [0.5, 0.6) is 0 Å². The van der Waals surface area contributed by atoms with Gasteiger partial charge in [-0.3, -0.25) is 52.4 Å². The Labute approximate surface area is 545 Å². The third kappa shape index (κ3) is 17.8. The Morgan fingerprint density at radius 2 is 1.51 bits per heavy atom. The van der Waals surface area contributed by atoms with Gasteiger partial charge in [0.1, 0.15) is 74.1 Å². The molecule has 8 heterocycles. The fourth-order valence-electron chi connectivity index (χ4n) is 10.4. The van der Waals surface area contributed by atoms with Crippen molar-refractivity contribution in [2.45, 2.75) is 115 Å². The van der Waals surface area contributed by atoms with Crippen molar-refractivity contribution >= 4 is 125 Å². The summed E-state index contributed by atoms with van der Waals surface area (Å²) in [5.74, 6) is -3.38. The number of amides is 9. The highest BCUT2D eigenvalue weighted by Crippen LogP contribution is 2.59. The number of imidazole rings is 2. The van der Waals surface area contributed by atoms with Crippen LogP contribution in [0.1, 0.15) is 70.9 Å². The second-order valence-electron chi connectivity index (χ2n) is 22.2. The smallest absolute Gasteiger partial charge is 0.412 e. The summed E-state index contributed by atoms with van der Waals surface area (Å²) in [5, 5.41) is 13.0. The highest BCUT2D eigenvalue weighted by Gasteiger charge is 2.53. The highest BCUT2D eigenvalue weighted by molar-refractivity contribution is 8.44. The molecule has 9 rings (SSSR count). The third-order valence-corrected chi connectivity index (χ3v) is 18.4. The number of nitrogens with zero attached hydrogens (tertiary/aromatic N) is 10. The summed E-state index contributed by atoms with van der Waals surface area (Å²) in [4.78, 5) is 140. The average Bonchev–Trinajstić information content (AvgIpc) is 1.62. The lowest BCUT2D eigenvalue weighted by Crippen LogP contribution is -2.54. The predicted molar refractivity (Wildman–Crippen MR) is 331 cm³/mol. The molecular weight excluding hydrogens is 1320 g/mol. The lowest BCUT2D eigenvalue weighted by Gasteiger charge is -2.29. The number of carbonyl (C=O) groups excluding carboxylic acids is 8. The number of urea groups is 1. The monoisotopic (exact) mass is 1390 g/mol. The number of likely N-dealkylation sites (tertiary alicyclic amines) is 1. The van der Waals surface area contributed by atoms with Gasteiger partial charge in [0.05, 0.1) is 52.2 Å². The summed E-state index contributed by atoms with van der Waals surface area (Å²) in [7, 11) is 1.40. The maximum atomic E-state index is 16.7. The van der Waals surface area contributed by atoms with E-state index in [1.165, 1.54) is 36.4 Å². The largest absolute Gasteiger partial charge is 0.447 e. The van der Waals surface area contributed by atoms with E-state index < -0.39 is 130 Å². The molecule has 4 fully saturated rings. The number of ether oxygens (including phenoxy) is 5. The molecule has 0 bridgehead atoms. The zero-order valence-corrected chi connectivity index (χ0v) is 54.4. The number of nitrogens with two attached hydrogens (primary N) is 2. The molecule has 0 aliphatic carbocycles. The molecule has 4 aliphatic heterocycles. The molecule has 0 spiro atoms. The molecule has 0 radical (unpaired) electrons. The number of benzene rings is 1. The molecule has 9 amide bonds. The highest BCUT2D eigenvalue weighted by atomic mass is 32.7. The van der Waals surface area contributed by atoms with E-state index in [1.807, 2.05) is 0 Å². The zero-order chi connectivity index (χ0) is 67.6. The summed E-state index contributed by atoms with van der Waals surface area (Å²) in [6.45, 7) is -5.11. The van der Waals surface area contributed by atoms with E-state index in [9.17, 15) is 47.8 Å². The van der Waals surface area contributed by atoms with Gasteiger partial charge in [-0.05, 0) is 48.3 Å². The number of aromatic nitrogens is 8. The van der Waals surface area contributed by atoms with Crippen molar-refractivity contribution in [1.82, 2.24) is 64.8 Å². The van der Waals surface area contributed by atoms with Crippen molar-refractivity contribution in [3.8, 4) is 0 Å². The van der Waals surface area contributed by atoms with Crippen LogP contribution >= 0.6 is 25.8 Å². The number of halogens is 1. The maximum absolute atomic E-state index is 16.7. The number of hydrogen-bond donors (Lipinski definition) is 9. The van der Waals surface area contributed by atoms with Crippen LogP contribution in [0.2, 0.25) is 0 Å². The van der Waals surface area contributed by atoms with Gasteiger partial charge in [-0.15, -0.1) is 0 Å². The number of thiol groups is 1. The quantitative estimate of drug-likeness (QED) is 0.0185. The minimum Gasteiger partial charge on any atom is -0.447 e. The second kappa shape index (κ2) is 31.3. The summed E-state index contributed by atoms with van der Waals surface area (Å²) < 4.78 is 84.9. The molecule has 4 aliphatic rings. The number of primary amides is 1. The number of nitrogen functional groups attached to an aromatic ring is 1. The number of carbonyl (C=O) groups is 8. The molecule has 12 atom stereocenters. The summed E-state index contributed by atoms with van der Waals surface area (Å²) in [6.07, 6.45) is -6.26. The van der Waals surface area contributed by atoms with Gasteiger partial charge in [-0.1, -0.05) is 45.2 Å². The Hall–Kier alpha value is -7.68. The number of nitrogens with one attached hydrogen (secondary N) is 5. The molecule has 3 unspecified atom stereocenters. The van der Waals surface area contributed by atoms with E-state index in [-0.39, 0.29) is 113 Å². The third-order valence-electron chi connectivity index (χ3n) is 15.3. The first-order valence-corrected chi connectivity index (χ1v) is 34.7. The molecule has 4 aromatic heterocycles. The first-order chi connectivity index (χ1) is 44.8. The lowest BCUT2D eigenvalue weighted by atomic mass is 10.0. The average molecular weight is 1390 g/mol. The number of hydrogen-bond acceptors (Lipinski definition) is 26. The maximum Gasteiger partial charge on any atom is 0.412 e. The predicted octanol–water partition coefficient (Wildman–Crippen LogP) is 2.47. The fraction of sp³-hybridized carbons (Fsp3) is 0.547. The standard InChI is InChI=1S/C53H70FN17O19P2S2/c1-27(2)38(66-34(72)13-17-82-18-16-69-35(73)11-12-36(69)74)48(76)65-31(6-5-14-57-51(56)77)47(75)64-30-9-7-29(8-10-30)20-84-53(79)68(4)15-19-83-52(78)67-44-40-46(61-24-59-44)71(26-63-40)50-37(54)42-33(88-50)22-86-91(80,93)89-41-28(3)49(87-32(41)21-85-92(81,94)90-42)70-25-62-39-43(55)58-23-60-45(39)70/h7-10,23-28,31-33,37-38,41-42,49-50H,5-6,11-22H2,1-4H3,(H,64,75)(H,65,76)(H,66,72)(H,80,93)(H,81,94)(H2,55,58,60)(H3,56,57,77)(H,59,61,67,78)/t28-,31+,32-,33?,37-,38+,41+,42-,49-,50-,91?,92?/m1/s1. The Balaban J connectivity index is 0.725. The fourth-order valence-corrected chi connectivity index (χ4v) is 13.4. The summed E-state index contributed by atoms with van der Waals surface area (Å²) in [5.41, 5.74) is 12.6. The molecule has 5 aromatic rings. The van der Waals surface area contributed by atoms with E-state index in [0.717, 1.165) is 22.5 Å². The van der Waals surface area contributed by atoms with Crippen LogP contribution in [-0.4, -0.2) is 204 Å². The van der Waals surface area contributed by atoms with Gasteiger partial charge in [0.25, 0.3) is 0 Å². The normalized spacial score (nSPS) is 25.3. The van der Waals surface area contributed by atoms with Crippen molar-refractivity contribution in [1.29, 1.82) is 0 Å². The van der Waals surface area contributed by atoms with E-state index in [0.29, 0.717) is 22.4 Å². The Morgan fingerprint density at radius 3 is 2.22 bits per heavy atom. The summed E-state index contributed by atoms with van der Waals surface area (Å²) >= 11 is 9.56. The van der Waals surface area contributed by atoms with Gasteiger partial charge in [-0.25, -0.2) is 53.2 Å².